The van der Waals surface area contributed by atoms with Gasteiger partial charge in [-0.05, 0) is 55.2 Å². The third-order valence-corrected chi connectivity index (χ3v) is 6.65. The number of benzene rings is 2. The van der Waals surface area contributed by atoms with Crippen molar-refractivity contribution in [3.63, 3.8) is 0 Å². The Kier molecular flexibility index (Phi) is 6.23. The first-order chi connectivity index (χ1) is 16.0. The molecule has 2 heterocycles. The number of aryl methyl sites for hydroxylation is 1. The van der Waals surface area contributed by atoms with Gasteiger partial charge < -0.3 is 15.2 Å². The van der Waals surface area contributed by atoms with Crippen LogP contribution in [0, 0.1) is 18.2 Å². The Morgan fingerprint density at radius 3 is 2.59 bits per heavy atom. The van der Waals surface area contributed by atoms with E-state index in [2.05, 4.69) is 10.3 Å². The van der Waals surface area contributed by atoms with E-state index in [9.17, 15) is 22.7 Å². The SMILES string of the molecule is Cc1ccc2c(NC[C@@](CO)(CC(C)(C)c3cc(F)cc4c3OCC4)C(F)(F)F)cccc2n1. The lowest BCUT2D eigenvalue weighted by molar-refractivity contribution is -0.237. The summed E-state index contributed by atoms with van der Waals surface area (Å²) in [5.41, 5.74) is -0.605. The molecular weight excluding hydrogens is 448 g/mol. The van der Waals surface area contributed by atoms with Crippen molar-refractivity contribution >= 4 is 16.6 Å². The lowest BCUT2D eigenvalue weighted by atomic mass is 9.68. The van der Waals surface area contributed by atoms with Crippen LogP contribution in [0.2, 0.25) is 0 Å². The summed E-state index contributed by atoms with van der Waals surface area (Å²) in [6, 6.07) is 11.4. The van der Waals surface area contributed by atoms with Crippen LogP contribution in [-0.4, -0.2) is 36.0 Å². The largest absolute Gasteiger partial charge is 0.493 e. The second-order valence-electron chi connectivity index (χ2n) is 9.72. The molecular formula is C26H28F4N2O2. The minimum absolute atomic E-state index is 0.364. The highest BCUT2D eigenvalue weighted by atomic mass is 19.4. The van der Waals surface area contributed by atoms with Crippen LogP contribution in [0.15, 0.2) is 42.5 Å². The molecule has 1 aliphatic heterocycles. The van der Waals surface area contributed by atoms with E-state index in [1.165, 1.54) is 12.1 Å². The van der Waals surface area contributed by atoms with E-state index in [0.29, 0.717) is 46.5 Å². The number of nitrogens with one attached hydrogen (secondary N) is 1. The molecule has 0 saturated heterocycles. The van der Waals surface area contributed by atoms with E-state index in [4.69, 9.17) is 4.74 Å². The van der Waals surface area contributed by atoms with Crippen molar-refractivity contribution in [3.05, 3.63) is 65.1 Å². The van der Waals surface area contributed by atoms with Gasteiger partial charge in [0.25, 0.3) is 0 Å². The van der Waals surface area contributed by atoms with Crippen molar-refractivity contribution in [3.8, 4) is 5.75 Å². The van der Waals surface area contributed by atoms with Crippen LogP contribution in [0.4, 0.5) is 23.2 Å². The Bertz CT molecular complexity index is 1210. The minimum Gasteiger partial charge on any atom is -0.493 e. The van der Waals surface area contributed by atoms with Crippen LogP contribution >= 0.6 is 0 Å². The number of rotatable bonds is 7. The molecule has 1 aliphatic rings. The van der Waals surface area contributed by atoms with Gasteiger partial charge in [0.1, 0.15) is 17.0 Å². The van der Waals surface area contributed by atoms with E-state index in [0.717, 1.165) is 5.69 Å². The number of hydrogen-bond donors (Lipinski definition) is 2. The zero-order chi connectivity index (χ0) is 24.7. The second-order valence-corrected chi connectivity index (χ2v) is 9.72. The molecule has 0 fully saturated rings. The lowest BCUT2D eigenvalue weighted by Gasteiger charge is -2.41. The third-order valence-electron chi connectivity index (χ3n) is 6.65. The molecule has 1 atom stereocenters. The fourth-order valence-corrected chi connectivity index (χ4v) is 4.85. The summed E-state index contributed by atoms with van der Waals surface area (Å²) in [5.74, 6) is -0.0607. The normalized spacial score (nSPS) is 15.6. The number of alkyl halides is 3. The highest BCUT2D eigenvalue weighted by Crippen LogP contribution is 2.50. The number of aliphatic hydroxyl groups is 1. The number of ether oxygens (including phenoxy) is 1. The molecule has 0 aliphatic carbocycles. The summed E-state index contributed by atoms with van der Waals surface area (Å²) in [6.07, 6.45) is -4.67. The number of aromatic nitrogens is 1. The molecule has 182 valence electrons. The fourth-order valence-electron chi connectivity index (χ4n) is 4.85. The molecule has 4 rings (SSSR count). The average Bonchev–Trinajstić information content (AvgIpc) is 3.23. The molecule has 1 aromatic heterocycles. The summed E-state index contributed by atoms with van der Waals surface area (Å²) < 4.78 is 63.5. The highest BCUT2D eigenvalue weighted by molar-refractivity contribution is 5.91. The first-order valence-corrected chi connectivity index (χ1v) is 11.2. The highest BCUT2D eigenvalue weighted by Gasteiger charge is 2.57. The molecule has 2 N–H and O–H groups in total. The summed E-state index contributed by atoms with van der Waals surface area (Å²) in [6.45, 7) is 3.79. The van der Waals surface area contributed by atoms with Crippen LogP contribution in [-0.2, 0) is 11.8 Å². The van der Waals surface area contributed by atoms with E-state index < -0.39 is 42.4 Å². The smallest absolute Gasteiger partial charge is 0.398 e. The van der Waals surface area contributed by atoms with Crippen molar-refractivity contribution in [2.24, 2.45) is 5.41 Å². The molecule has 2 aromatic carbocycles. The molecule has 0 bridgehead atoms. The summed E-state index contributed by atoms with van der Waals surface area (Å²) in [4.78, 5) is 4.43. The first kappa shape index (κ1) is 24.3. The van der Waals surface area contributed by atoms with E-state index >= 15 is 0 Å². The van der Waals surface area contributed by atoms with Gasteiger partial charge in [-0.1, -0.05) is 19.9 Å². The maximum absolute atomic E-state index is 14.5. The van der Waals surface area contributed by atoms with Gasteiger partial charge in [0.2, 0.25) is 0 Å². The zero-order valence-corrected chi connectivity index (χ0v) is 19.4. The second kappa shape index (κ2) is 8.73. The van der Waals surface area contributed by atoms with Crippen LogP contribution in [0.5, 0.6) is 5.75 Å². The van der Waals surface area contributed by atoms with Crippen LogP contribution in [0.3, 0.4) is 0 Å². The lowest BCUT2D eigenvalue weighted by Crippen LogP contribution is -2.50. The Balaban J connectivity index is 1.69. The van der Waals surface area contributed by atoms with Crippen LogP contribution < -0.4 is 10.1 Å². The molecule has 0 spiro atoms. The fraction of sp³-hybridized carbons (Fsp3) is 0.423. The van der Waals surface area contributed by atoms with Crippen molar-refractivity contribution in [2.75, 3.05) is 25.1 Å². The standard InChI is InChI=1S/C26H28F4N2O2/c1-16-7-8-19-21(5-4-6-22(19)32-16)31-14-25(15-33,26(28,29)30)13-24(2,3)20-12-18(27)11-17-9-10-34-23(17)20/h4-8,11-12,31,33H,9-10,13-15H2,1-3H3/t25-/m1/s1. The van der Waals surface area contributed by atoms with Crippen molar-refractivity contribution in [2.45, 2.75) is 45.2 Å². The van der Waals surface area contributed by atoms with Gasteiger partial charge in [-0.3, -0.25) is 4.98 Å². The zero-order valence-electron chi connectivity index (χ0n) is 19.4. The predicted octanol–water partition coefficient (Wildman–Crippen LogP) is 5.94. The number of halogens is 4. The van der Waals surface area contributed by atoms with Gasteiger partial charge in [-0.25, -0.2) is 4.39 Å². The molecule has 0 amide bonds. The number of nitrogens with zero attached hydrogens (tertiary/aromatic N) is 1. The first-order valence-electron chi connectivity index (χ1n) is 11.2. The van der Waals surface area contributed by atoms with Gasteiger partial charge >= 0.3 is 6.18 Å². The molecule has 0 saturated carbocycles. The van der Waals surface area contributed by atoms with Crippen LogP contribution in [0.1, 0.15) is 37.1 Å². The van der Waals surface area contributed by atoms with Crippen molar-refractivity contribution in [1.82, 2.24) is 4.98 Å². The van der Waals surface area contributed by atoms with Gasteiger partial charge in [-0.2, -0.15) is 13.2 Å². The maximum atomic E-state index is 14.5. The number of anilines is 1. The van der Waals surface area contributed by atoms with E-state index in [1.54, 1.807) is 38.1 Å². The topological polar surface area (TPSA) is 54.4 Å². The minimum atomic E-state index is -4.72. The van der Waals surface area contributed by atoms with Gasteiger partial charge in [0, 0.05) is 40.9 Å². The Morgan fingerprint density at radius 1 is 1.12 bits per heavy atom. The van der Waals surface area contributed by atoms with Gasteiger partial charge in [-0.15, -0.1) is 0 Å². The maximum Gasteiger partial charge on any atom is 0.398 e. The predicted molar refractivity (Wildman–Crippen MR) is 124 cm³/mol. The molecule has 3 aromatic rings. The summed E-state index contributed by atoms with van der Waals surface area (Å²) in [7, 11) is 0. The van der Waals surface area contributed by atoms with Crippen molar-refractivity contribution < 1.29 is 27.4 Å². The van der Waals surface area contributed by atoms with E-state index in [-0.39, 0.29) is 0 Å². The molecule has 34 heavy (non-hydrogen) atoms. The molecule has 4 nitrogen and oxygen atoms in total. The average molecular weight is 477 g/mol. The number of hydrogen-bond acceptors (Lipinski definition) is 4. The molecule has 8 heteroatoms. The third kappa shape index (κ3) is 4.43. The monoisotopic (exact) mass is 476 g/mol. The van der Waals surface area contributed by atoms with Crippen molar-refractivity contribution in [1.29, 1.82) is 0 Å². The Morgan fingerprint density at radius 2 is 1.88 bits per heavy atom. The van der Waals surface area contributed by atoms with Gasteiger partial charge in [0.15, 0.2) is 0 Å². The summed E-state index contributed by atoms with van der Waals surface area (Å²) >= 11 is 0. The Labute approximate surface area is 196 Å². The Hall–Kier alpha value is -2.87. The van der Waals surface area contributed by atoms with E-state index in [1.807, 2.05) is 13.0 Å². The number of aliphatic hydroxyl groups excluding tert-OH is 1. The number of fused-ring (bicyclic) bond motifs is 2. The number of pyridine rings is 1. The molecule has 0 radical (unpaired) electrons. The van der Waals surface area contributed by atoms with Gasteiger partial charge in [0.05, 0.1) is 18.7 Å². The summed E-state index contributed by atoms with van der Waals surface area (Å²) in [5, 5.41) is 13.7. The molecule has 0 unspecified atom stereocenters. The van der Waals surface area contributed by atoms with Crippen LogP contribution in [0.25, 0.3) is 10.9 Å². The quantitative estimate of drug-likeness (QED) is 0.415.